The van der Waals surface area contributed by atoms with Crippen LogP contribution in [0.4, 0.5) is 5.69 Å². The molecule has 1 aliphatic rings. The van der Waals surface area contributed by atoms with E-state index in [2.05, 4.69) is 61.1 Å². The standard InChI is InChI=1S/C20H31N3O/c1-14-6-7-20(22-9-8-21-18(5)24)19(11-14)17(4)23-12-15(2)10-16(3)13-23/h6-7,11,15-16,22H,4,8-10,12-13H2,1-3,5H3,(H,21,24)/t15-,16+. The number of carbonyl (C=O) groups is 1. The van der Waals surface area contributed by atoms with Crippen LogP contribution in [-0.2, 0) is 4.79 Å². The molecule has 0 spiro atoms. The zero-order valence-electron chi connectivity index (χ0n) is 15.5. The number of hydrogen-bond donors (Lipinski definition) is 2. The highest BCUT2D eigenvalue weighted by Crippen LogP contribution is 2.31. The van der Waals surface area contributed by atoms with Gasteiger partial charge in [0.25, 0.3) is 0 Å². The van der Waals surface area contributed by atoms with E-state index in [4.69, 9.17) is 0 Å². The van der Waals surface area contributed by atoms with Crippen molar-refractivity contribution in [1.29, 1.82) is 0 Å². The number of carbonyl (C=O) groups excluding carboxylic acids is 1. The van der Waals surface area contributed by atoms with E-state index in [1.807, 2.05) is 0 Å². The molecule has 4 heteroatoms. The van der Waals surface area contributed by atoms with Gasteiger partial charge in [0.1, 0.15) is 0 Å². The van der Waals surface area contributed by atoms with Gasteiger partial charge >= 0.3 is 0 Å². The van der Waals surface area contributed by atoms with E-state index in [-0.39, 0.29) is 5.91 Å². The van der Waals surface area contributed by atoms with Crippen molar-refractivity contribution in [2.75, 3.05) is 31.5 Å². The highest BCUT2D eigenvalue weighted by molar-refractivity contribution is 5.75. The quantitative estimate of drug-likeness (QED) is 0.785. The summed E-state index contributed by atoms with van der Waals surface area (Å²) in [5.74, 6) is 1.40. The lowest BCUT2D eigenvalue weighted by Gasteiger charge is -2.38. The Labute approximate surface area is 146 Å². The van der Waals surface area contributed by atoms with Crippen LogP contribution < -0.4 is 10.6 Å². The summed E-state index contributed by atoms with van der Waals surface area (Å²) in [5, 5.41) is 6.25. The van der Waals surface area contributed by atoms with Crippen molar-refractivity contribution in [3.63, 3.8) is 0 Å². The highest BCUT2D eigenvalue weighted by Gasteiger charge is 2.24. The molecule has 0 radical (unpaired) electrons. The number of hydrogen-bond acceptors (Lipinski definition) is 3. The average Bonchev–Trinajstić information content (AvgIpc) is 2.50. The smallest absolute Gasteiger partial charge is 0.216 e. The molecule has 132 valence electrons. The largest absolute Gasteiger partial charge is 0.383 e. The number of nitrogens with one attached hydrogen (secondary N) is 2. The van der Waals surface area contributed by atoms with Crippen molar-refractivity contribution in [2.24, 2.45) is 11.8 Å². The van der Waals surface area contributed by atoms with Crippen LogP contribution in [0.1, 0.15) is 38.3 Å². The number of likely N-dealkylation sites (tertiary alicyclic amines) is 1. The van der Waals surface area contributed by atoms with E-state index in [9.17, 15) is 4.79 Å². The molecular weight excluding hydrogens is 298 g/mol. The Morgan fingerprint density at radius 1 is 1.25 bits per heavy atom. The Bertz CT molecular complexity index is 587. The third-order valence-electron chi connectivity index (χ3n) is 4.55. The number of amides is 1. The molecule has 1 fully saturated rings. The first-order chi connectivity index (χ1) is 11.4. The van der Waals surface area contributed by atoms with Crippen LogP contribution in [0.3, 0.4) is 0 Å². The zero-order chi connectivity index (χ0) is 17.7. The molecule has 1 saturated heterocycles. The summed E-state index contributed by atoms with van der Waals surface area (Å²) >= 11 is 0. The van der Waals surface area contributed by atoms with E-state index < -0.39 is 0 Å². The van der Waals surface area contributed by atoms with Crippen molar-refractivity contribution in [3.05, 3.63) is 35.9 Å². The number of aryl methyl sites for hydroxylation is 1. The van der Waals surface area contributed by atoms with Gasteiger partial charge in [0.2, 0.25) is 5.91 Å². The van der Waals surface area contributed by atoms with Crippen LogP contribution in [0.25, 0.3) is 5.70 Å². The maximum Gasteiger partial charge on any atom is 0.216 e. The number of benzene rings is 1. The molecule has 1 aromatic rings. The van der Waals surface area contributed by atoms with E-state index in [0.717, 1.165) is 24.5 Å². The first-order valence-electron chi connectivity index (χ1n) is 8.90. The van der Waals surface area contributed by atoms with Crippen molar-refractivity contribution in [1.82, 2.24) is 10.2 Å². The molecule has 24 heavy (non-hydrogen) atoms. The van der Waals surface area contributed by atoms with Gasteiger partial charge in [-0.25, -0.2) is 0 Å². The maximum atomic E-state index is 11.0. The van der Waals surface area contributed by atoms with E-state index in [1.165, 1.54) is 24.5 Å². The van der Waals surface area contributed by atoms with Crippen LogP contribution in [0.15, 0.2) is 24.8 Å². The molecule has 4 nitrogen and oxygen atoms in total. The van der Waals surface area contributed by atoms with Gasteiger partial charge in [-0.1, -0.05) is 32.1 Å². The molecule has 0 aliphatic carbocycles. The summed E-state index contributed by atoms with van der Waals surface area (Å²) < 4.78 is 0. The predicted molar refractivity (Wildman–Crippen MR) is 102 cm³/mol. The van der Waals surface area contributed by atoms with Gasteiger partial charge in [-0.05, 0) is 37.3 Å². The van der Waals surface area contributed by atoms with E-state index in [0.29, 0.717) is 24.9 Å². The summed E-state index contributed by atoms with van der Waals surface area (Å²) in [6, 6.07) is 6.42. The lowest BCUT2D eigenvalue weighted by atomic mass is 9.91. The highest BCUT2D eigenvalue weighted by atomic mass is 16.1. The summed E-state index contributed by atoms with van der Waals surface area (Å²) in [7, 11) is 0. The molecule has 2 atom stereocenters. The van der Waals surface area contributed by atoms with Gasteiger partial charge < -0.3 is 15.5 Å². The molecule has 0 unspecified atom stereocenters. The summed E-state index contributed by atoms with van der Waals surface area (Å²) in [4.78, 5) is 13.4. The molecule has 0 bridgehead atoms. The molecule has 2 rings (SSSR count). The number of nitrogens with zero attached hydrogens (tertiary/aromatic N) is 1. The van der Waals surface area contributed by atoms with Crippen LogP contribution in [0.5, 0.6) is 0 Å². The third kappa shape index (κ3) is 5.02. The maximum absolute atomic E-state index is 11.0. The Morgan fingerprint density at radius 2 is 1.92 bits per heavy atom. The Morgan fingerprint density at radius 3 is 2.54 bits per heavy atom. The minimum absolute atomic E-state index is 0.00151. The second kappa shape index (κ2) is 8.22. The predicted octanol–water partition coefficient (Wildman–Crippen LogP) is 3.49. The Hall–Kier alpha value is -1.97. The molecular formula is C20H31N3O. The third-order valence-corrected chi connectivity index (χ3v) is 4.55. The zero-order valence-corrected chi connectivity index (χ0v) is 15.5. The fraction of sp³-hybridized carbons (Fsp3) is 0.550. The van der Waals surface area contributed by atoms with E-state index in [1.54, 1.807) is 0 Å². The average molecular weight is 329 g/mol. The lowest BCUT2D eigenvalue weighted by molar-refractivity contribution is -0.118. The molecule has 1 amide bonds. The SMILES string of the molecule is C=C(c1cc(C)ccc1NCCNC(C)=O)N1C[C@H](C)C[C@H](C)C1. The van der Waals surface area contributed by atoms with Crippen LogP contribution >= 0.6 is 0 Å². The molecule has 2 N–H and O–H groups in total. The van der Waals surface area contributed by atoms with Crippen molar-refractivity contribution in [2.45, 2.75) is 34.1 Å². The first-order valence-corrected chi connectivity index (χ1v) is 8.90. The first kappa shape index (κ1) is 18.4. The van der Waals surface area contributed by atoms with Crippen LogP contribution in [0.2, 0.25) is 0 Å². The van der Waals surface area contributed by atoms with Gasteiger partial charge in [-0.2, -0.15) is 0 Å². The topological polar surface area (TPSA) is 44.4 Å². The van der Waals surface area contributed by atoms with Crippen molar-refractivity contribution in [3.8, 4) is 0 Å². The van der Waals surface area contributed by atoms with Crippen molar-refractivity contribution < 1.29 is 4.79 Å². The molecule has 0 saturated carbocycles. The summed E-state index contributed by atoms with van der Waals surface area (Å²) in [5.41, 5.74) is 4.58. The van der Waals surface area contributed by atoms with Gasteiger partial charge in [0.05, 0.1) is 0 Å². The normalized spacial score (nSPS) is 20.6. The molecule has 1 aromatic carbocycles. The Balaban J connectivity index is 2.11. The molecule has 0 aromatic heterocycles. The second-order valence-electron chi connectivity index (χ2n) is 7.26. The monoisotopic (exact) mass is 329 g/mol. The number of piperidine rings is 1. The van der Waals surface area contributed by atoms with Crippen LogP contribution in [0, 0.1) is 18.8 Å². The lowest BCUT2D eigenvalue weighted by Crippen LogP contribution is -2.37. The molecule has 1 aliphatic heterocycles. The summed E-state index contributed by atoms with van der Waals surface area (Å²) in [6.07, 6.45) is 1.29. The molecule has 1 heterocycles. The van der Waals surface area contributed by atoms with Crippen LogP contribution in [-0.4, -0.2) is 37.0 Å². The van der Waals surface area contributed by atoms with Gasteiger partial charge in [0, 0.05) is 50.1 Å². The fourth-order valence-electron chi connectivity index (χ4n) is 3.54. The summed E-state index contributed by atoms with van der Waals surface area (Å²) in [6.45, 7) is 16.1. The fourth-order valence-corrected chi connectivity index (χ4v) is 3.54. The van der Waals surface area contributed by atoms with Gasteiger partial charge in [-0.15, -0.1) is 0 Å². The minimum Gasteiger partial charge on any atom is -0.383 e. The van der Waals surface area contributed by atoms with Gasteiger partial charge in [0.15, 0.2) is 0 Å². The van der Waals surface area contributed by atoms with Crippen molar-refractivity contribution >= 4 is 17.3 Å². The minimum atomic E-state index is 0.00151. The van der Waals surface area contributed by atoms with E-state index >= 15 is 0 Å². The Kier molecular flexibility index (Phi) is 6.29. The number of anilines is 1. The number of rotatable bonds is 6. The second-order valence-corrected chi connectivity index (χ2v) is 7.26. The van der Waals surface area contributed by atoms with Gasteiger partial charge in [-0.3, -0.25) is 4.79 Å².